The fraction of sp³-hybridized carbons (Fsp3) is 0.278. The van der Waals surface area contributed by atoms with Gasteiger partial charge in [0.25, 0.3) is 5.91 Å². The van der Waals surface area contributed by atoms with Crippen LogP contribution in [0.1, 0.15) is 15.9 Å². The second kappa shape index (κ2) is 6.10. The zero-order valence-electron chi connectivity index (χ0n) is 12.7. The Kier molecular flexibility index (Phi) is 4.00. The van der Waals surface area contributed by atoms with Crippen molar-refractivity contribution in [3.8, 4) is 5.75 Å². The summed E-state index contributed by atoms with van der Waals surface area (Å²) in [4.78, 5) is 16.6. The van der Waals surface area contributed by atoms with Crippen LogP contribution in [-0.2, 0) is 0 Å². The van der Waals surface area contributed by atoms with Gasteiger partial charge in [-0.3, -0.25) is 4.79 Å². The molecule has 1 aliphatic heterocycles. The van der Waals surface area contributed by atoms with E-state index in [0.717, 1.165) is 18.7 Å². The van der Waals surface area contributed by atoms with E-state index >= 15 is 0 Å². The largest absolute Gasteiger partial charge is 0.508 e. The molecule has 0 atom stereocenters. The number of aryl methyl sites for hydroxylation is 1. The highest BCUT2D eigenvalue weighted by Crippen LogP contribution is 2.20. The van der Waals surface area contributed by atoms with Crippen molar-refractivity contribution < 1.29 is 9.90 Å². The molecule has 0 saturated carbocycles. The van der Waals surface area contributed by atoms with Crippen molar-refractivity contribution in [3.05, 3.63) is 59.7 Å². The van der Waals surface area contributed by atoms with Crippen LogP contribution in [0, 0.1) is 6.92 Å². The standard InChI is InChI=1S/C18H20N2O2/c1-14-7-8-15(13-17(14)21)18(22)20-11-9-19(10-12-20)16-5-3-2-4-6-16/h2-8,13,21H,9-12H2,1H3. The Balaban J connectivity index is 1.66. The third-order valence-electron chi connectivity index (χ3n) is 4.14. The van der Waals surface area contributed by atoms with Gasteiger partial charge >= 0.3 is 0 Å². The molecule has 3 rings (SSSR count). The smallest absolute Gasteiger partial charge is 0.254 e. The van der Waals surface area contributed by atoms with Gasteiger partial charge in [0.1, 0.15) is 5.75 Å². The molecule has 1 saturated heterocycles. The van der Waals surface area contributed by atoms with Crippen LogP contribution >= 0.6 is 0 Å². The maximum Gasteiger partial charge on any atom is 0.254 e. The molecule has 1 amide bonds. The molecule has 2 aromatic rings. The predicted octanol–water partition coefficient (Wildman–Crippen LogP) is 2.66. The Bertz CT molecular complexity index is 662. The van der Waals surface area contributed by atoms with Crippen LogP contribution in [0.15, 0.2) is 48.5 Å². The Morgan fingerprint density at radius 2 is 1.68 bits per heavy atom. The lowest BCUT2D eigenvalue weighted by Gasteiger charge is -2.36. The van der Waals surface area contributed by atoms with Crippen LogP contribution in [0.3, 0.4) is 0 Å². The monoisotopic (exact) mass is 296 g/mol. The molecule has 0 radical (unpaired) electrons. The number of carbonyl (C=O) groups excluding carboxylic acids is 1. The molecule has 22 heavy (non-hydrogen) atoms. The SMILES string of the molecule is Cc1ccc(C(=O)N2CCN(c3ccccc3)CC2)cc1O. The molecule has 114 valence electrons. The van der Waals surface area contributed by atoms with E-state index in [0.29, 0.717) is 18.7 Å². The molecule has 0 spiro atoms. The van der Waals surface area contributed by atoms with Crippen LogP contribution < -0.4 is 4.90 Å². The second-order valence-electron chi connectivity index (χ2n) is 5.62. The number of hydrogen-bond donors (Lipinski definition) is 1. The zero-order chi connectivity index (χ0) is 15.5. The number of phenolic OH excluding ortho intramolecular Hbond substituents is 1. The Morgan fingerprint density at radius 3 is 2.32 bits per heavy atom. The summed E-state index contributed by atoms with van der Waals surface area (Å²) in [6.45, 7) is 4.87. The molecular weight excluding hydrogens is 276 g/mol. The molecule has 4 nitrogen and oxygen atoms in total. The van der Waals surface area contributed by atoms with E-state index in [4.69, 9.17) is 0 Å². The van der Waals surface area contributed by atoms with Gasteiger partial charge in [0.15, 0.2) is 0 Å². The van der Waals surface area contributed by atoms with Gasteiger partial charge in [-0.2, -0.15) is 0 Å². The summed E-state index contributed by atoms with van der Waals surface area (Å²) >= 11 is 0. The molecule has 1 N–H and O–H groups in total. The van der Waals surface area contributed by atoms with E-state index in [9.17, 15) is 9.90 Å². The summed E-state index contributed by atoms with van der Waals surface area (Å²) in [7, 11) is 0. The summed E-state index contributed by atoms with van der Waals surface area (Å²) in [6, 6.07) is 15.4. The van der Waals surface area contributed by atoms with E-state index in [2.05, 4.69) is 17.0 Å². The van der Waals surface area contributed by atoms with Crippen LogP contribution in [0.5, 0.6) is 5.75 Å². The number of para-hydroxylation sites is 1. The number of amides is 1. The normalized spacial score (nSPS) is 15.0. The average molecular weight is 296 g/mol. The Hall–Kier alpha value is -2.49. The van der Waals surface area contributed by atoms with Gasteiger partial charge in [-0.15, -0.1) is 0 Å². The molecular formula is C18H20N2O2. The van der Waals surface area contributed by atoms with Gasteiger partial charge in [0.05, 0.1) is 0 Å². The van der Waals surface area contributed by atoms with Crippen LogP contribution in [0.25, 0.3) is 0 Å². The van der Waals surface area contributed by atoms with Gasteiger partial charge in [-0.05, 0) is 36.8 Å². The van der Waals surface area contributed by atoms with E-state index < -0.39 is 0 Å². The summed E-state index contributed by atoms with van der Waals surface area (Å²) < 4.78 is 0. The zero-order valence-corrected chi connectivity index (χ0v) is 12.7. The highest BCUT2D eigenvalue weighted by molar-refractivity contribution is 5.94. The highest BCUT2D eigenvalue weighted by Gasteiger charge is 2.22. The first-order valence-corrected chi connectivity index (χ1v) is 7.54. The van der Waals surface area contributed by atoms with Crippen LogP contribution in [-0.4, -0.2) is 42.1 Å². The van der Waals surface area contributed by atoms with Crippen molar-refractivity contribution >= 4 is 11.6 Å². The minimum absolute atomic E-state index is 0.0111. The molecule has 4 heteroatoms. The minimum atomic E-state index is -0.0111. The van der Waals surface area contributed by atoms with Gasteiger partial charge in [-0.25, -0.2) is 0 Å². The summed E-state index contributed by atoms with van der Waals surface area (Å²) in [5.74, 6) is 0.164. The second-order valence-corrected chi connectivity index (χ2v) is 5.62. The first kappa shape index (κ1) is 14.4. The lowest BCUT2D eigenvalue weighted by atomic mass is 10.1. The fourth-order valence-corrected chi connectivity index (χ4v) is 2.73. The fourth-order valence-electron chi connectivity index (χ4n) is 2.73. The molecule has 1 aliphatic rings. The number of benzene rings is 2. The first-order valence-electron chi connectivity index (χ1n) is 7.54. The molecule has 0 bridgehead atoms. The van der Waals surface area contributed by atoms with Crippen LogP contribution in [0.2, 0.25) is 0 Å². The predicted molar refractivity (Wildman–Crippen MR) is 87.4 cm³/mol. The third kappa shape index (κ3) is 2.91. The molecule has 0 unspecified atom stereocenters. The van der Waals surface area contributed by atoms with E-state index in [1.54, 1.807) is 18.2 Å². The Morgan fingerprint density at radius 1 is 1.00 bits per heavy atom. The number of hydrogen-bond acceptors (Lipinski definition) is 3. The summed E-state index contributed by atoms with van der Waals surface area (Å²) in [5, 5.41) is 9.76. The average Bonchev–Trinajstić information content (AvgIpc) is 2.58. The molecule has 1 fully saturated rings. The third-order valence-corrected chi connectivity index (χ3v) is 4.14. The highest BCUT2D eigenvalue weighted by atomic mass is 16.3. The lowest BCUT2D eigenvalue weighted by Crippen LogP contribution is -2.48. The quantitative estimate of drug-likeness (QED) is 0.926. The van der Waals surface area contributed by atoms with Gasteiger partial charge in [-0.1, -0.05) is 24.3 Å². The van der Waals surface area contributed by atoms with Crippen molar-refractivity contribution in [2.45, 2.75) is 6.92 Å². The first-order chi connectivity index (χ1) is 10.6. The van der Waals surface area contributed by atoms with Gasteiger partial charge in [0, 0.05) is 37.4 Å². The Labute approximate surface area is 130 Å². The van der Waals surface area contributed by atoms with Gasteiger partial charge < -0.3 is 14.9 Å². The minimum Gasteiger partial charge on any atom is -0.508 e. The number of piperazine rings is 1. The van der Waals surface area contributed by atoms with Crippen molar-refractivity contribution in [2.75, 3.05) is 31.1 Å². The maximum atomic E-state index is 12.5. The number of phenols is 1. The molecule has 2 aromatic carbocycles. The topological polar surface area (TPSA) is 43.8 Å². The van der Waals surface area contributed by atoms with Crippen LogP contribution in [0.4, 0.5) is 5.69 Å². The number of anilines is 1. The molecule has 0 aromatic heterocycles. The van der Waals surface area contributed by atoms with Crippen molar-refractivity contribution in [1.29, 1.82) is 0 Å². The van der Waals surface area contributed by atoms with E-state index in [1.165, 1.54) is 5.69 Å². The molecule has 0 aliphatic carbocycles. The number of rotatable bonds is 2. The summed E-state index contributed by atoms with van der Waals surface area (Å²) in [6.07, 6.45) is 0. The van der Waals surface area contributed by atoms with Gasteiger partial charge in [0.2, 0.25) is 0 Å². The number of nitrogens with zero attached hydrogens (tertiary/aromatic N) is 2. The van der Waals surface area contributed by atoms with Crippen molar-refractivity contribution in [3.63, 3.8) is 0 Å². The van der Waals surface area contributed by atoms with E-state index in [-0.39, 0.29) is 11.7 Å². The number of carbonyl (C=O) groups is 1. The van der Waals surface area contributed by atoms with E-state index in [1.807, 2.05) is 30.0 Å². The number of aromatic hydroxyl groups is 1. The van der Waals surface area contributed by atoms with Crippen molar-refractivity contribution in [1.82, 2.24) is 4.90 Å². The van der Waals surface area contributed by atoms with Crippen molar-refractivity contribution in [2.24, 2.45) is 0 Å². The maximum absolute atomic E-state index is 12.5. The lowest BCUT2D eigenvalue weighted by molar-refractivity contribution is 0.0746. The molecule has 1 heterocycles. The summed E-state index contributed by atoms with van der Waals surface area (Å²) in [5.41, 5.74) is 2.53.